The number of likely N-dealkylation sites (N-methyl/N-ethyl adjacent to an activating group) is 1. The molecule has 16 heavy (non-hydrogen) atoms. The summed E-state index contributed by atoms with van der Waals surface area (Å²) in [4.78, 5) is 33.5. The molecule has 0 bridgehead atoms. The predicted octanol–water partition coefficient (Wildman–Crippen LogP) is 0.349. The zero-order valence-corrected chi connectivity index (χ0v) is 9.18. The molecule has 1 saturated heterocycles. The van der Waals surface area contributed by atoms with E-state index in [1.807, 2.05) is 0 Å². The van der Waals surface area contributed by atoms with E-state index in [0.29, 0.717) is 19.4 Å². The molecule has 0 unspecified atom stereocenters. The van der Waals surface area contributed by atoms with Crippen LogP contribution in [-0.4, -0.2) is 49.6 Å². The first-order valence-corrected chi connectivity index (χ1v) is 5.14. The summed E-state index contributed by atoms with van der Waals surface area (Å²) in [5.41, 5.74) is 0. The minimum absolute atomic E-state index is 0.0794. The van der Waals surface area contributed by atoms with E-state index in [2.05, 4.69) is 0 Å². The minimum atomic E-state index is -0.401. The van der Waals surface area contributed by atoms with Gasteiger partial charge in [0.15, 0.2) is 6.10 Å². The molecule has 6 nitrogen and oxygen atoms in total. The van der Waals surface area contributed by atoms with E-state index in [0.717, 1.165) is 6.29 Å². The van der Waals surface area contributed by atoms with Crippen molar-refractivity contribution in [2.75, 3.05) is 20.2 Å². The van der Waals surface area contributed by atoms with Crippen molar-refractivity contribution in [1.82, 2.24) is 4.90 Å². The van der Waals surface area contributed by atoms with E-state index in [1.165, 1.54) is 4.90 Å². The van der Waals surface area contributed by atoms with Crippen molar-refractivity contribution in [3.05, 3.63) is 0 Å². The Morgan fingerprint density at radius 1 is 1.69 bits per heavy atom. The van der Waals surface area contributed by atoms with Crippen molar-refractivity contribution < 1.29 is 23.9 Å². The Morgan fingerprint density at radius 2 is 2.44 bits per heavy atom. The fourth-order valence-electron chi connectivity index (χ4n) is 1.32. The van der Waals surface area contributed by atoms with Crippen LogP contribution >= 0.6 is 0 Å². The minimum Gasteiger partial charge on any atom is -0.462 e. The highest BCUT2D eigenvalue weighted by molar-refractivity contribution is 5.70. The van der Waals surface area contributed by atoms with E-state index in [9.17, 15) is 14.4 Å². The molecular weight excluding hydrogens is 214 g/mol. The molecule has 0 N–H and O–H groups in total. The Morgan fingerprint density at radius 3 is 3.00 bits per heavy atom. The maximum atomic E-state index is 11.1. The SMILES string of the molecule is CN1C[C@H](COC(=O)CCCC=O)OC1=O. The summed E-state index contributed by atoms with van der Waals surface area (Å²) in [7, 11) is 1.62. The highest BCUT2D eigenvalue weighted by Gasteiger charge is 2.29. The number of esters is 1. The molecule has 0 saturated carbocycles. The standard InChI is InChI=1S/C10H15NO5/c1-11-6-8(16-10(11)14)7-15-9(13)4-2-3-5-12/h5,8H,2-4,6-7H2,1H3/t8-/m1/s1. The van der Waals surface area contributed by atoms with Gasteiger partial charge in [-0.1, -0.05) is 0 Å². The van der Waals surface area contributed by atoms with Gasteiger partial charge >= 0.3 is 12.1 Å². The number of hydrogen-bond acceptors (Lipinski definition) is 5. The molecule has 0 aliphatic carbocycles. The number of unbranched alkanes of at least 4 members (excludes halogenated alkanes) is 1. The Bertz CT molecular complexity index is 278. The van der Waals surface area contributed by atoms with Crippen molar-refractivity contribution in [2.24, 2.45) is 0 Å². The van der Waals surface area contributed by atoms with Crippen LogP contribution < -0.4 is 0 Å². The average molecular weight is 229 g/mol. The molecule has 1 aliphatic rings. The molecule has 90 valence electrons. The fourth-order valence-corrected chi connectivity index (χ4v) is 1.32. The van der Waals surface area contributed by atoms with Gasteiger partial charge in [0.25, 0.3) is 0 Å². The molecule has 1 atom stereocenters. The number of rotatable bonds is 6. The first kappa shape index (κ1) is 12.5. The number of nitrogens with zero attached hydrogens (tertiary/aromatic N) is 1. The Balaban J connectivity index is 2.12. The van der Waals surface area contributed by atoms with Crippen LogP contribution in [0.4, 0.5) is 4.79 Å². The third-order valence-corrected chi connectivity index (χ3v) is 2.19. The average Bonchev–Trinajstić information content (AvgIpc) is 2.56. The van der Waals surface area contributed by atoms with Gasteiger partial charge in [0.05, 0.1) is 6.54 Å². The van der Waals surface area contributed by atoms with E-state index in [4.69, 9.17) is 9.47 Å². The maximum absolute atomic E-state index is 11.1. The Hall–Kier alpha value is -1.59. The lowest BCUT2D eigenvalue weighted by molar-refractivity contribution is -0.146. The molecule has 1 fully saturated rings. The van der Waals surface area contributed by atoms with Crippen LogP contribution in [0, 0.1) is 0 Å². The van der Waals surface area contributed by atoms with E-state index in [-0.39, 0.29) is 25.1 Å². The first-order chi connectivity index (χ1) is 7.63. The van der Waals surface area contributed by atoms with Crippen LogP contribution in [0.1, 0.15) is 19.3 Å². The Labute approximate surface area is 93.5 Å². The summed E-state index contributed by atoms with van der Waals surface area (Å²) in [6, 6.07) is 0. The molecule has 1 aliphatic heterocycles. The zero-order chi connectivity index (χ0) is 12.0. The zero-order valence-electron chi connectivity index (χ0n) is 9.18. The molecule has 0 aromatic carbocycles. The summed E-state index contributed by atoms with van der Waals surface area (Å²) >= 11 is 0. The van der Waals surface area contributed by atoms with Gasteiger partial charge in [0.2, 0.25) is 0 Å². The summed E-state index contributed by atoms with van der Waals surface area (Å²) in [5.74, 6) is -0.368. The van der Waals surface area contributed by atoms with Gasteiger partial charge < -0.3 is 19.2 Å². The number of amides is 1. The van der Waals surface area contributed by atoms with Gasteiger partial charge in [0.1, 0.15) is 12.9 Å². The van der Waals surface area contributed by atoms with E-state index in [1.54, 1.807) is 7.05 Å². The van der Waals surface area contributed by atoms with Gasteiger partial charge in [-0.05, 0) is 6.42 Å². The van der Waals surface area contributed by atoms with Crippen LogP contribution in [0.15, 0.2) is 0 Å². The number of hydrogen-bond donors (Lipinski definition) is 0. The molecular formula is C10H15NO5. The molecule has 1 rings (SSSR count). The van der Waals surface area contributed by atoms with E-state index < -0.39 is 6.09 Å². The normalized spacial score (nSPS) is 19.4. The van der Waals surface area contributed by atoms with Crippen LogP contribution in [0.5, 0.6) is 0 Å². The van der Waals surface area contributed by atoms with E-state index >= 15 is 0 Å². The number of carbonyl (C=O) groups excluding carboxylic acids is 3. The predicted molar refractivity (Wildman–Crippen MR) is 53.8 cm³/mol. The van der Waals surface area contributed by atoms with Crippen LogP contribution in [-0.2, 0) is 19.1 Å². The quantitative estimate of drug-likeness (QED) is 0.373. The second-order valence-corrected chi connectivity index (χ2v) is 3.63. The number of cyclic esters (lactones) is 1. The van der Waals surface area contributed by atoms with Gasteiger partial charge in [0, 0.05) is 19.9 Å². The van der Waals surface area contributed by atoms with Gasteiger partial charge in [-0.3, -0.25) is 4.79 Å². The summed E-state index contributed by atoms with van der Waals surface area (Å²) < 4.78 is 9.81. The third-order valence-electron chi connectivity index (χ3n) is 2.19. The summed E-state index contributed by atoms with van der Waals surface area (Å²) in [6.45, 7) is 0.510. The largest absolute Gasteiger partial charge is 0.462 e. The van der Waals surface area contributed by atoms with Crippen molar-refractivity contribution in [3.8, 4) is 0 Å². The lowest BCUT2D eigenvalue weighted by atomic mass is 10.2. The molecule has 1 amide bonds. The highest BCUT2D eigenvalue weighted by atomic mass is 16.6. The van der Waals surface area contributed by atoms with Gasteiger partial charge in [-0.2, -0.15) is 0 Å². The molecule has 0 aromatic heterocycles. The second kappa shape index (κ2) is 6.09. The van der Waals surface area contributed by atoms with Crippen molar-refractivity contribution in [2.45, 2.75) is 25.4 Å². The van der Waals surface area contributed by atoms with Crippen molar-refractivity contribution >= 4 is 18.3 Å². The number of carbonyl (C=O) groups is 3. The van der Waals surface area contributed by atoms with Crippen LogP contribution in [0.25, 0.3) is 0 Å². The number of aldehydes is 1. The topological polar surface area (TPSA) is 72.9 Å². The molecule has 6 heteroatoms. The first-order valence-electron chi connectivity index (χ1n) is 5.14. The summed E-state index contributed by atoms with van der Waals surface area (Å²) in [5, 5.41) is 0. The third kappa shape index (κ3) is 3.88. The van der Waals surface area contributed by atoms with Gasteiger partial charge in [-0.25, -0.2) is 4.79 Å². The second-order valence-electron chi connectivity index (χ2n) is 3.63. The maximum Gasteiger partial charge on any atom is 0.410 e. The molecule has 0 radical (unpaired) electrons. The fraction of sp³-hybridized carbons (Fsp3) is 0.700. The number of ether oxygens (including phenoxy) is 2. The smallest absolute Gasteiger partial charge is 0.410 e. The van der Waals surface area contributed by atoms with Crippen LogP contribution in [0.2, 0.25) is 0 Å². The Kier molecular flexibility index (Phi) is 4.75. The van der Waals surface area contributed by atoms with Crippen molar-refractivity contribution in [1.29, 1.82) is 0 Å². The molecule has 0 spiro atoms. The highest BCUT2D eigenvalue weighted by Crippen LogP contribution is 2.09. The van der Waals surface area contributed by atoms with Crippen molar-refractivity contribution in [3.63, 3.8) is 0 Å². The summed E-state index contributed by atoms with van der Waals surface area (Å²) in [6.07, 6.45) is 1.05. The molecule has 0 aromatic rings. The lowest BCUT2D eigenvalue weighted by Gasteiger charge is -2.08. The molecule has 1 heterocycles. The van der Waals surface area contributed by atoms with Crippen LogP contribution in [0.3, 0.4) is 0 Å². The van der Waals surface area contributed by atoms with Gasteiger partial charge in [-0.15, -0.1) is 0 Å². The monoisotopic (exact) mass is 229 g/mol. The lowest BCUT2D eigenvalue weighted by Crippen LogP contribution is -2.23.